The number of piperazine rings is 1. The molecule has 0 spiro atoms. The van der Waals surface area contributed by atoms with Crippen LogP contribution in [0.15, 0.2) is 47.7 Å². The molecule has 0 bridgehead atoms. The second-order valence-corrected chi connectivity index (χ2v) is 12.2. The summed E-state index contributed by atoms with van der Waals surface area (Å²) < 4.78 is 76.6. The third-order valence-corrected chi connectivity index (χ3v) is 9.56. The lowest BCUT2D eigenvalue weighted by Crippen LogP contribution is -2.50. The monoisotopic (exact) mass is 578 g/mol. The van der Waals surface area contributed by atoms with Crippen molar-refractivity contribution in [2.75, 3.05) is 36.8 Å². The first-order chi connectivity index (χ1) is 19.0. The van der Waals surface area contributed by atoms with Crippen molar-refractivity contribution >= 4 is 21.4 Å². The number of nitrogens with two attached hydrogens (primary N) is 1. The van der Waals surface area contributed by atoms with Crippen LogP contribution in [0.5, 0.6) is 5.75 Å². The number of ether oxygens (including phenoxy) is 1. The van der Waals surface area contributed by atoms with Gasteiger partial charge in [0.1, 0.15) is 29.6 Å². The van der Waals surface area contributed by atoms with Gasteiger partial charge in [-0.2, -0.15) is 14.1 Å². The molecule has 5 rings (SSSR count). The highest BCUT2D eigenvalue weighted by Crippen LogP contribution is 2.33. The maximum absolute atomic E-state index is 13.9. The average Bonchev–Trinajstić information content (AvgIpc) is 3.33. The molecule has 1 aromatic carbocycles. The molecule has 1 aliphatic carbocycles. The van der Waals surface area contributed by atoms with Crippen molar-refractivity contribution in [3.05, 3.63) is 70.4 Å². The topological polar surface area (TPSA) is 124 Å². The number of nitrogen functional groups attached to an aromatic ring is 1. The van der Waals surface area contributed by atoms with Gasteiger partial charge in [-0.05, 0) is 43.5 Å². The molecule has 214 valence electrons. The quantitative estimate of drug-likeness (QED) is 0.454. The standard InChI is InChI=1S/C26H29F3N6O4S/c1-16(22-4-5-31-14-23(22)30)40(37,38)34-8-6-33(7-9-34)24-15-32-35(20-11-18(28)10-19(29)12-20)26(36)25(24)39-21-3-2-17(27)13-21/h4-5,10-12,14-17,21H,2-3,6-9,13,30H2,1H3. The molecule has 1 saturated carbocycles. The summed E-state index contributed by atoms with van der Waals surface area (Å²) in [5.74, 6) is -1.90. The molecule has 1 aliphatic heterocycles. The molecule has 10 nitrogen and oxygen atoms in total. The number of anilines is 2. The summed E-state index contributed by atoms with van der Waals surface area (Å²) in [6, 6.07) is 4.19. The number of hydrogen-bond acceptors (Lipinski definition) is 8. The van der Waals surface area contributed by atoms with Gasteiger partial charge in [0.25, 0.3) is 0 Å². The maximum atomic E-state index is 13.9. The first-order valence-corrected chi connectivity index (χ1v) is 14.4. The predicted molar refractivity (Wildman–Crippen MR) is 143 cm³/mol. The highest BCUT2D eigenvalue weighted by molar-refractivity contribution is 7.89. The molecule has 2 aliphatic rings. The summed E-state index contributed by atoms with van der Waals surface area (Å²) in [7, 11) is -3.76. The van der Waals surface area contributed by atoms with E-state index in [0.717, 1.165) is 16.8 Å². The normalized spacial score (nSPS) is 20.9. The van der Waals surface area contributed by atoms with E-state index in [2.05, 4.69) is 10.1 Å². The smallest absolute Gasteiger partial charge is 0.316 e. The molecule has 40 heavy (non-hydrogen) atoms. The zero-order valence-electron chi connectivity index (χ0n) is 21.7. The third-order valence-electron chi connectivity index (χ3n) is 7.32. The molecule has 2 fully saturated rings. The highest BCUT2D eigenvalue weighted by Gasteiger charge is 2.35. The molecule has 3 heterocycles. The van der Waals surface area contributed by atoms with Crippen LogP contribution in [0.4, 0.5) is 24.5 Å². The molecule has 0 amide bonds. The number of alkyl halides is 1. The SMILES string of the molecule is CC(c1ccncc1N)S(=O)(=O)N1CCN(c2cnn(-c3cc(F)cc(F)c3)c(=O)c2OC2CCC(F)C2)CC1. The number of pyridine rings is 1. The molecule has 1 saturated heterocycles. The highest BCUT2D eigenvalue weighted by atomic mass is 32.2. The number of nitrogens with zero attached hydrogens (tertiary/aromatic N) is 5. The van der Waals surface area contributed by atoms with E-state index in [1.54, 1.807) is 17.9 Å². The van der Waals surface area contributed by atoms with Crippen LogP contribution in [0, 0.1) is 11.6 Å². The summed E-state index contributed by atoms with van der Waals surface area (Å²) in [4.78, 5) is 19.2. The summed E-state index contributed by atoms with van der Waals surface area (Å²) >= 11 is 0. The Balaban J connectivity index is 1.42. The van der Waals surface area contributed by atoms with Gasteiger partial charge >= 0.3 is 5.56 Å². The number of hydrogen-bond donors (Lipinski definition) is 1. The molecule has 3 aromatic rings. The average molecular weight is 579 g/mol. The van der Waals surface area contributed by atoms with Crippen LogP contribution in [0.2, 0.25) is 0 Å². The second-order valence-electron chi connectivity index (χ2n) is 9.93. The molecular weight excluding hydrogens is 549 g/mol. The fraction of sp³-hybridized carbons (Fsp3) is 0.423. The fourth-order valence-electron chi connectivity index (χ4n) is 5.13. The lowest BCUT2D eigenvalue weighted by atomic mass is 10.2. The Kier molecular flexibility index (Phi) is 7.73. The summed E-state index contributed by atoms with van der Waals surface area (Å²) in [6.07, 6.45) is 3.42. The lowest BCUT2D eigenvalue weighted by Gasteiger charge is -2.37. The summed E-state index contributed by atoms with van der Waals surface area (Å²) in [5.41, 5.74) is 6.09. The van der Waals surface area contributed by atoms with Crippen molar-refractivity contribution < 1.29 is 26.3 Å². The van der Waals surface area contributed by atoms with Gasteiger partial charge in [0, 0.05) is 44.9 Å². The molecule has 3 unspecified atom stereocenters. The Morgan fingerprint density at radius 1 is 1.07 bits per heavy atom. The van der Waals surface area contributed by atoms with E-state index < -0.39 is 44.7 Å². The molecule has 14 heteroatoms. The van der Waals surface area contributed by atoms with Gasteiger partial charge < -0.3 is 15.4 Å². The van der Waals surface area contributed by atoms with Crippen LogP contribution in [0.25, 0.3) is 5.69 Å². The van der Waals surface area contributed by atoms with Crippen molar-refractivity contribution in [3.63, 3.8) is 0 Å². The van der Waals surface area contributed by atoms with E-state index in [1.807, 2.05) is 0 Å². The lowest BCUT2D eigenvalue weighted by molar-refractivity contribution is 0.193. The van der Waals surface area contributed by atoms with Gasteiger partial charge in [-0.3, -0.25) is 9.78 Å². The Hall–Kier alpha value is -3.65. The zero-order valence-corrected chi connectivity index (χ0v) is 22.5. The van der Waals surface area contributed by atoms with Crippen molar-refractivity contribution in [2.24, 2.45) is 0 Å². The second kappa shape index (κ2) is 11.1. The number of sulfonamides is 1. The zero-order chi connectivity index (χ0) is 28.6. The van der Waals surface area contributed by atoms with Crippen LogP contribution in [0.3, 0.4) is 0 Å². The molecule has 2 aromatic heterocycles. The summed E-state index contributed by atoms with van der Waals surface area (Å²) in [5, 5.41) is 3.23. The van der Waals surface area contributed by atoms with E-state index in [-0.39, 0.29) is 49.7 Å². The van der Waals surface area contributed by atoms with Crippen LogP contribution >= 0.6 is 0 Å². The predicted octanol–water partition coefficient (Wildman–Crippen LogP) is 2.97. The first-order valence-electron chi connectivity index (χ1n) is 12.9. The number of benzene rings is 1. The van der Waals surface area contributed by atoms with Gasteiger partial charge in [-0.25, -0.2) is 21.6 Å². The Bertz CT molecular complexity index is 1540. The molecule has 0 radical (unpaired) electrons. The summed E-state index contributed by atoms with van der Waals surface area (Å²) in [6.45, 7) is 2.23. The number of rotatable bonds is 7. The van der Waals surface area contributed by atoms with Gasteiger partial charge in [0.2, 0.25) is 15.8 Å². The van der Waals surface area contributed by atoms with E-state index in [9.17, 15) is 26.4 Å². The van der Waals surface area contributed by atoms with Gasteiger partial charge in [-0.15, -0.1) is 0 Å². The van der Waals surface area contributed by atoms with Crippen molar-refractivity contribution in [3.8, 4) is 11.4 Å². The van der Waals surface area contributed by atoms with E-state index >= 15 is 0 Å². The van der Waals surface area contributed by atoms with Crippen molar-refractivity contribution in [2.45, 2.75) is 43.7 Å². The van der Waals surface area contributed by atoms with Gasteiger partial charge in [-0.1, -0.05) is 0 Å². The maximum Gasteiger partial charge on any atom is 0.316 e. The van der Waals surface area contributed by atoms with Crippen molar-refractivity contribution in [1.82, 2.24) is 19.1 Å². The van der Waals surface area contributed by atoms with E-state index in [4.69, 9.17) is 10.5 Å². The van der Waals surface area contributed by atoms with Crippen LogP contribution < -0.4 is 20.9 Å². The Labute approximate surface area is 229 Å². The third kappa shape index (κ3) is 5.50. The van der Waals surface area contributed by atoms with Crippen molar-refractivity contribution in [1.29, 1.82) is 0 Å². The van der Waals surface area contributed by atoms with Crippen LogP contribution in [0.1, 0.15) is 37.0 Å². The minimum Gasteiger partial charge on any atom is -0.483 e. The number of aromatic nitrogens is 3. The van der Waals surface area contributed by atoms with Gasteiger partial charge in [0.05, 0.1) is 29.0 Å². The molecule has 3 atom stereocenters. The van der Waals surface area contributed by atoms with Crippen LogP contribution in [-0.2, 0) is 10.0 Å². The largest absolute Gasteiger partial charge is 0.483 e. The minimum absolute atomic E-state index is 0.109. The van der Waals surface area contributed by atoms with Gasteiger partial charge in [0.15, 0.2) is 0 Å². The van der Waals surface area contributed by atoms with E-state index in [1.165, 1.54) is 22.9 Å². The Morgan fingerprint density at radius 2 is 1.77 bits per heavy atom. The fourth-order valence-corrected chi connectivity index (χ4v) is 6.78. The van der Waals surface area contributed by atoms with E-state index in [0.29, 0.717) is 30.2 Å². The molecular formula is C26H29F3N6O4S. The molecule has 2 N–H and O–H groups in total. The van der Waals surface area contributed by atoms with Crippen LogP contribution in [-0.4, -0.2) is 65.9 Å². The number of halogens is 3. The Morgan fingerprint density at radius 3 is 2.40 bits per heavy atom. The minimum atomic E-state index is -3.76. The first kappa shape index (κ1) is 27.9.